The zero-order chi connectivity index (χ0) is 21.8. The van der Waals surface area contributed by atoms with E-state index < -0.39 is 44.0 Å². The van der Waals surface area contributed by atoms with E-state index in [0.717, 1.165) is 12.1 Å². The fourth-order valence-corrected chi connectivity index (χ4v) is 3.88. The summed E-state index contributed by atoms with van der Waals surface area (Å²) < 4.78 is 104. The molecule has 0 bridgehead atoms. The number of imidazole rings is 1. The highest BCUT2D eigenvalue weighted by molar-refractivity contribution is 7.91. The highest BCUT2D eigenvalue weighted by Crippen LogP contribution is 2.37. The number of aromatic nitrogens is 3. The molecule has 156 valence electrons. The summed E-state index contributed by atoms with van der Waals surface area (Å²) in [6.07, 6.45) is -8.83. The molecule has 0 spiro atoms. The van der Waals surface area contributed by atoms with Gasteiger partial charge in [0.25, 0.3) is 0 Å². The highest BCUT2D eigenvalue weighted by Gasteiger charge is 2.34. The van der Waals surface area contributed by atoms with Crippen LogP contribution in [0.3, 0.4) is 0 Å². The van der Waals surface area contributed by atoms with Crippen molar-refractivity contribution in [1.29, 1.82) is 0 Å². The Balaban J connectivity index is 2.30. The van der Waals surface area contributed by atoms with E-state index in [1.807, 2.05) is 0 Å². The third kappa shape index (κ3) is 3.80. The Labute approximate surface area is 160 Å². The van der Waals surface area contributed by atoms with Gasteiger partial charge in [0.1, 0.15) is 11.3 Å². The van der Waals surface area contributed by atoms with Gasteiger partial charge in [-0.1, -0.05) is 6.92 Å². The van der Waals surface area contributed by atoms with Crippen LogP contribution in [-0.4, -0.2) is 28.7 Å². The molecule has 0 amide bonds. The van der Waals surface area contributed by atoms with E-state index in [9.17, 15) is 34.8 Å². The zero-order valence-electron chi connectivity index (χ0n) is 14.9. The summed E-state index contributed by atoms with van der Waals surface area (Å²) in [6, 6.07) is 2.88. The maximum absolute atomic E-state index is 13.1. The summed E-state index contributed by atoms with van der Waals surface area (Å²) in [5, 5.41) is 0. The number of pyridine rings is 1. The minimum absolute atomic E-state index is 0.0211. The number of hydrogen-bond donors (Lipinski definition) is 0. The molecule has 5 nitrogen and oxygen atoms in total. The number of hydrogen-bond acceptors (Lipinski definition) is 4. The van der Waals surface area contributed by atoms with Crippen LogP contribution in [0.15, 0.2) is 35.4 Å². The van der Waals surface area contributed by atoms with Crippen LogP contribution in [-0.2, 0) is 29.2 Å². The molecule has 0 saturated carbocycles. The van der Waals surface area contributed by atoms with Gasteiger partial charge in [0.15, 0.2) is 15.5 Å². The van der Waals surface area contributed by atoms with Gasteiger partial charge >= 0.3 is 12.4 Å². The summed E-state index contributed by atoms with van der Waals surface area (Å²) in [4.78, 5) is 7.12. The molecule has 12 heteroatoms. The molecule has 0 saturated heterocycles. The van der Waals surface area contributed by atoms with E-state index in [4.69, 9.17) is 0 Å². The summed E-state index contributed by atoms with van der Waals surface area (Å²) in [6.45, 7) is 1.27. The lowest BCUT2D eigenvalue weighted by Crippen LogP contribution is -2.11. The molecule has 1 aromatic carbocycles. The Morgan fingerprint density at radius 3 is 2.17 bits per heavy atom. The number of aryl methyl sites for hydroxylation is 1. The normalized spacial score (nSPS) is 13.2. The number of sulfone groups is 1. The van der Waals surface area contributed by atoms with Gasteiger partial charge in [-0.15, -0.1) is 0 Å². The van der Waals surface area contributed by atoms with Crippen LogP contribution in [0, 0.1) is 0 Å². The average molecular weight is 437 g/mol. The van der Waals surface area contributed by atoms with Gasteiger partial charge in [0, 0.05) is 18.8 Å². The molecule has 0 aliphatic rings. The van der Waals surface area contributed by atoms with Crippen molar-refractivity contribution in [2.45, 2.75) is 24.2 Å². The molecule has 3 aromatic rings. The van der Waals surface area contributed by atoms with E-state index >= 15 is 0 Å². The van der Waals surface area contributed by atoms with E-state index in [1.165, 1.54) is 18.5 Å². The van der Waals surface area contributed by atoms with E-state index in [0.29, 0.717) is 18.3 Å². The van der Waals surface area contributed by atoms with E-state index in [-0.39, 0.29) is 22.6 Å². The van der Waals surface area contributed by atoms with Crippen LogP contribution in [0.1, 0.15) is 18.1 Å². The van der Waals surface area contributed by atoms with Crippen molar-refractivity contribution in [3.8, 4) is 11.4 Å². The number of benzene rings is 1. The van der Waals surface area contributed by atoms with Crippen LogP contribution in [0.5, 0.6) is 0 Å². The molecular weight excluding hydrogens is 424 g/mol. The number of fused-ring (bicyclic) bond motifs is 1. The van der Waals surface area contributed by atoms with Gasteiger partial charge in [0.05, 0.1) is 21.8 Å². The van der Waals surface area contributed by atoms with Crippen molar-refractivity contribution < 1.29 is 34.8 Å². The van der Waals surface area contributed by atoms with Gasteiger partial charge in [-0.05, 0) is 24.3 Å². The summed E-state index contributed by atoms with van der Waals surface area (Å²) >= 11 is 0. The molecule has 0 aliphatic carbocycles. The maximum atomic E-state index is 13.1. The Bertz CT molecular complexity index is 1200. The van der Waals surface area contributed by atoms with Gasteiger partial charge in [0.2, 0.25) is 0 Å². The first kappa shape index (κ1) is 21.1. The average Bonchev–Trinajstić information content (AvgIpc) is 2.96. The van der Waals surface area contributed by atoms with Crippen LogP contribution in [0.25, 0.3) is 22.6 Å². The maximum Gasteiger partial charge on any atom is 0.417 e. The third-order valence-corrected chi connectivity index (χ3v) is 6.07. The SMILES string of the molecule is CCS(=O)(=O)c1cc(C(F)(F)F)ccc1-c1nc2cc(C(F)(F)F)cnc2n1C. The van der Waals surface area contributed by atoms with Crippen molar-refractivity contribution in [2.75, 3.05) is 5.75 Å². The second-order valence-corrected chi connectivity index (χ2v) is 8.42. The van der Waals surface area contributed by atoms with Crippen LogP contribution in [0.4, 0.5) is 26.3 Å². The first-order valence-electron chi connectivity index (χ1n) is 8.09. The van der Waals surface area contributed by atoms with Crippen LogP contribution < -0.4 is 0 Å². The predicted molar refractivity (Wildman–Crippen MR) is 91.7 cm³/mol. The minimum Gasteiger partial charge on any atom is -0.312 e. The fraction of sp³-hybridized carbons (Fsp3) is 0.294. The number of halogens is 6. The molecule has 2 heterocycles. The lowest BCUT2D eigenvalue weighted by molar-refractivity contribution is -0.138. The number of rotatable bonds is 3. The lowest BCUT2D eigenvalue weighted by atomic mass is 10.1. The van der Waals surface area contributed by atoms with Gasteiger partial charge in [-0.3, -0.25) is 0 Å². The zero-order valence-corrected chi connectivity index (χ0v) is 15.7. The van der Waals surface area contributed by atoms with Gasteiger partial charge < -0.3 is 4.57 Å². The Morgan fingerprint density at radius 1 is 1.00 bits per heavy atom. The van der Waals surface area contributed by atoms with Crippen molar-refractivity contribution in [1.82, 2.24) is 14.5 Å². The molecular formula is C17H13F6N3O2S. The molecule has 0 unspecified atom stereocenters. The Kier molecular flexibility index (Phi) is 4.88. The van der Waals surface area contributed by atoms with Crippen molar-refractivity contribution >= 4 is 21.0 Å². The van der Waals surface area contributed by atoms with Gasteiger partial charge in [-0.25, -0.2) is 18.4 Å². The highest BCUT2D eigenvalue weighted by atomic mass is 32.2. The number of alkyl halides is 6. The minimum atomic E-state index is -4.77. The predicted octanol–water partition coefficient (Wildman–Crippen LogP) is 4.47. The van der Waals surface area contributed by atoms with Crippen molar-refractivity contribution in [2.24, 2.45) is 7.05 Å². The Morgan fingerprint density at radius 2 is 1.62 bits per heavy atom. The standard InChI is InChI=1S/C17H13F6N3O2S/c1-3-29(27,28)13-7-9(16(18,19)20)4-5-11(13)14-25-12-6-10(17(21,22)23)8-24-15(12)26(14)2/h4-8H,3H2,1-2H3. The molecule has 29 heavy (non-hydrogen) atoms. The lowest BCUT2D eigenvalue weighted by Gasteiger charge is -2.13. The fourth-order valence-electron chi connectivity index (χ4n) is 2.77. The first-order chi connectivity index (χ1) is 13.3. The molecule has 0 N–H and O–H groups in total. The molecule has 0 atom stereocenters. The molecule has 0 aliphatic heterocycles. The van der Waals surface area contributed by atoms with Crippen LogP contribution in [0.2, 0.25) is 0 Å². The van der Waals surface area contributed by atoms with E-state index in [1.54, 1.807) is 0 Å². The summed E-state index contributed by atoms with van der Waals surface area (Å²) in [7, 11) is -2.72. The largest absolute Gasteiger partial charge is 0.417 e. The van der Waals surface area contributed by atoms with Gasteiger partial charge in [-0.2, -0.15) is 26.3 Å². The quantitative estimate of drug-likeness (QED) is 0.568. The first-order valence-corrected chi connectivity index (χ1v) is 9.75. The molecule has 2 aromatic heterocycles. The number of nitrogens with zero attached hydrogens (tertiary/aromatic N) is 3. The Hall–Kier alpha value is -2.63. The smallest absolute Gasteiger partial charge is 0.312 e. The molecule has 3 rings (SSSR count). The molecule has 0 fully saturated rings. The van der Waals surface area contributed by atoms with Crippen molar-refractivity contribution in [3.63, 3.8) is 0 Å². The van der Waals surface area contributed by atoms with Crippen LogP contribution >= 0.6 is 0 Å². The van der Waals surface area contributed by atoms with Crippen molar-refractivity contribution in [3.05, 3.63) is 41.6 Å². The monoisotopic (exact) mass is 437 g/mol. The summed E-state index contributed by atoms with van der Waals surface area (Å²) in [5.41, 5.74) is -2.52. The summed E-state index contributed by atoms with van der Waals surface area (Å²) in [5.74, 6) is -0.588. The molecule has 0 radical (unpaired) electrons. The second kappa shape index (κ2) is 6.71. The third-order valence-electron chi connectivity index (χ3n) is 4.30. The topological polar surface area (TPSA) is 64.8 Å². The second-order valence-electron chi connectivity index (χ2n) is 6.17. The van der Waals surface area contributed by atoms with E-state index in [2.05, 4.69) is 9.97 Å².